The van der Waals surface area contributed by atoms with E-state index in [4.69, 9.17) is 5.10 Å². The minimum Gasteiger partial charge on any atom is -0.266 e. The largest absolute Gasteiger partial charge is 0.296 e. The summed E-state index contributed by atoms with van der Waals surface area (Å²) in [5.74, 6) is 0. The Bertz CT molecular complexity index is 1810. The Morgan fingerprint density at radius 2 is 1.66 bits per heavy atom. The van der Waals surface area contributed by atoms with E-state index in [-0.39, 0.29) is 16.2 Å². The monoisotopic (exact) mass is 495 g/mol. The molecule has 0 saturated heterocycles. The van der Waals surface area contributed by atoms with Crippen LogP contribution in [0.2, 0.25) is 0 Å². The van der Waals surface area contributed by atoms with Gasteiger partial charge >= 0.3 is 0 Å². The number of benzene rings is 2. The predicted octanol–water partition coefficient (Wildman–Crippen LogP) is 3.56. The third kappa shape index (κ3) is 4.11. The molecule has 0 bridgehead atoms. The lowest BCUT2D eigenvalue weighted by Gasteiger charge is -1.99. The van der Waals surface area contributed by atoms with Gasteiger partial charge in [-0.2, -0.15) is 19.7 Å². The zero-order chi connectivity index (χ0) is 23.8. The maximum atomic E-state index is 13.2. The van der Waals surface area contributed by atoms with E-state index in [1.165, 1.54) is 4.52 Å². The number of thiazole rings is 1. The summed E-state index contributed by atoms with van der Waals surface area (Å²) in [6.45, 7) is 0. The Morgan fingerprint density at radius 3 is 2.40 bits per heavy atom. The van der Waals surface area contributed by atoms with Gasteiger partial charge in [0.05, 0.1) is 15.1 Å². The highest BCUT2D eigenvalue weighted by Crippen LogP contribution is 2.28. The number of hydrogen-bond acceptors (Lipinski definition) is 7. The van der Waals surface area contributed by atoms with Crippen LogP contribution in [0.1, 0.15) is 16.8 Å². The smallest absolute Gasteiger partial charge is 0.266 e. The second-order valence-electron chi connectivity index (χ2n) is 7.83. The first-order valence-corrected chi connectivity index (χ1v) is 12.5. The molecule has 0 spiro atoms. The van der Waals surface area contributed by atoms with E-state index >= 15 is 0 Å². The molecule has 6 rings (SSSR count). The molecule has 6 aromatic rings. The second kappa shape index (κ2) is 8.86. The summed E-state index contributed by atoms with van der Waals surface area (Å²) in [7, 11) is 0. The van der Waals surface area contributed by atoms with Gasteiger partial charge in [-0.25, -0.2) is 4.68 Å². The number of nitrogens with zero attached hydrogens (tertiary/aromatic N) is 5. The van der Waals surface area contributed by atoms with Crippen LogP contribution in [-0.4, -0.2) is 24.4 Å². The molecule has 0 unspecified atom stereocenters. The third-order valence-corrected chi connectivity index (χ3v) is 7.30. The molecule has 7 nitrogen and oxygen atoms in total. The summed E-state index contributed by atoms with van der Waals surface area (Å²) >= 11 is 2.73. The van der Waals surface area contributed by atoms with Crippen LogP contribution in [0.25, 0.3) is 27.3 Å². The molecule has 0 N–H and O–H groups in total. The third-order valence-electron chi connectivity index (χ3n) is 5.47. The molecule has 0 amide bonds. The van der Waals surface area contributed by atoms with Crippen molar-refractivity contribution in [1.82, 2.24) is 24.4 Å². The Balaban J connectivity index is 1.49. The van der Waals surface area contributed by atoms with E-state index in [9.17, 15) is 9.59 Å². The SMILES string of the molecule is O=c1nc2s/c(=C\c3cn(-c4ccccc4)nc3-c3cccs3)c(=O)n2nc1Cc1ccccc1. The van der Waals surface area contributed by atoms with Crippen molar-refractivity contribution in [1.29, 1.82) is 0 Å². The molecular weight excluding hydrogens is 478 g/mol. The van der Waals surface area contributed by atoms with Crippen LogP contribution < -0.4 is 15.7 Å². The molecular formula is C26H17N5O2S2. The predicted molar refractivity (Wildman–Crippen MR) is 138 cm³/mol. The summed E-state index contributed by atoms with van der Waals surface area (Å²) in [5, 5.41) is 11.1. The number of fused-ring (bicyclic) bond motifs is 1. The summed E-state index contributed by atoms with van der Waals surface area (Å²) in [6, 6.07) is 23.3. The van der Waals surface area contributed by atoms with Crippen LogP contribution in [0.4, 0.5) is 0 Å². The molecule has 0 radical (unpaired) electrons. The Labute approximate surface area is 206 Å². The molecule has 170 valence electrons. The number of rotatable bonds is 5. The molecule has 2 aromatic carbocycles. The highest BCUT2D eigenvalue weighted by Gasteiger charge is 2.15. The van der Waals surface area contributed by atoms with Gasteiger partial charge in [0.1, 0.15) is 11.4 Å². The first kappa shape index (κ1) is 21.3. The van der Waals surface area contributed by atoms with Crippen molar-refractivity contribution in [3.63, 3.8) is 0 Å². The molecule has 0 atom stereocenters. The molecule has 0 fully saturated rings. The Hall–Kier alpha value is -4.21. The standard InChI is InChI=1S/C26H17N5O2S2/c32-24-20(14-17-8-3-1-4-9-17)28-31-25(33)22(35-26(31)27-24)15-18-16-30(19-10-5-2-6-11-19)29-23(18)21-12-7-13-34-21/h1-13,15-16H,14H2/b22-15-. The van der Waals surface area contributed by atoms with Crippen LogP contribution in [0, 0.1) is 0 Å². The van der Waals surface area contributed by atoms with Gasteiger partial charge in [0.2, 0.25) is 4.96 Å². The van der Waals surface area contributed by atoms with Crippen molar-refractivity contribution in [2.75, 3.05) is 0 Å². The molecule has 0 aliphatic carbocycles. The highest BCUT2D eigenvalue weighted by molar-refractivity contribution is 7.15. The molecule has 4 heterocycles. The topological polar surface area (TPSA) is 82.1 Å². The van der Waals surface area contributed by atoms with Gasteiger partial charge in [0, 0.05) is 18.2 Å². The van der Waals surface area contributed by atoms with Crippen molar-refractivity contribution in [2.24, 2.45) is 0 Å². The summed E-state index contributed by atoms with van der Waals surface area (Å²) in [6.07, 6.45) is 4.02. The quantitative estimate of drug-likeness (QED) is 0.365. The maximum Gasteiger partial charge on any atom is 0.296 e. The van der Waals surface area contributed by atoms with E-state index in [1.807, 2.05) is 84.4 Å². The number of para-hydroxylation sites is 1. The normalized spacial score (nSPS) is 11.9. The second-order valence-corrected chi connectivity index (χ2v) is 9.78. The fraction of sp³-hybridized carbons (Fsp3) is 0.0385. The van der Waals surface area contributed by atoms with Crippen LogP contribution in [0.15, 0.2) is 94.0 Å². The molecule has 0 saturated carbocycles. The average Bonchev–Trinajstić information content (AvgIpc) is 3.62. The first-order chi connectivity index (χ1) is 17.2. The van der Waals surface area contributed by atoms with Crippen molar-refractivity contribution >= 4 is 33.7 Å². The minimum atomic E-state index is -0.419. The maximum absolute atomic E-state index is 13.2. The van der Waals surface area contributed by atoms with Crippen molar-refractivity contribution in [2.45, 2.75) is 6.42 Å². The minimum absolute atomic E-state index is 0.242. The lowest BCUT2D eigenvalue weighted by molar-refractivity contribution is 0.811. The average molecular weight is 496 g/mol. The summed E-state index contributed by atoms with van der Waals surface area (Å²) < 4.78 is 3.46. The van der Waals surface area contributed by atoms with Gasteiger partial charge in [0.15, 0.2) is 0 Å². The molecule has 35 heavy (non-hydrogen) atoms. The van der Waals surface area contributed by atoms with Crippen LogP contribution in [0.5, 0.6) is 0 Å². The Kier molecular flexibility index (Phi) is 5.40. The van der Waals surface area contributed by atoms with Crippen LogP contribution >= 0.6 is 22.7 Å². The van der Waals surface area contributed by atoms with Crippen LogP contribution in [-0.2, 0) is 6.42 Å². The lowest BCUT2D eigenvalue weighted by Crippen LogP contribution is -2.28. The number of hydrogen-bond donors (Lipinski definition) is 0. The van der Waals surface area contributed by atoms with E-state index in [0.29, 0.717) is 11.0 Å². The van der Waals surface area contributed by atoms with Crippen molar-refractivity contribution in [3.05, 3.63) is 126 Å². The van der Waals surface area contributed by atoms with E-state index in [1.54, 1.807) is 22.1 Å². The number of aromatic nitrogens is 5. The molecule has 0 aliphatic rings. The zero-order valence-electron chi connectivity index (χ0n) is 18.2. The Morgan fingerprint density at radius 1 is 0.886 bits per heavy atom. The van der Waals surface area contributed by atoms with Gasteiger partial charge in [-0.15, -0.1) is 11.3 Å². The van der Waals surface area contributed by atoms with Crippen molar-refractivity contribution in [3.8, 4) is 16.3 Å². The lowest BCUT2D eigenvalue weighted by atomic mass is 10.1. The highest BCUT2D eigenvalue weighted by atomic mass is 32.1. The van der Waals surface area contributed by atoms with E-state index < -0.39 is 5.56 Å². The number of thiophene rings is 1. The van der Waals surface area contributed by atoms with Gasteiger partial charge in [-0.05, 0) is 35.2 Å². The van der Waals surface area contributed by atoms with E-state index in [0.717, 1.165) is 38.7 Å². The van der Waals surface area contributed by atoms with Gasteiger partial charge in [-0.1, -0.05) is 65.9 Å². The molecule has 0 aliphatic heterocycles. The fourth-order valence-corrected chi connectivity index (χ4v) is 5.42. The summed E-state index contributed by atoms with van der Waals surface area (Å²) in [4.78, 5) is 31.2. The fourth-order valence-electron chi connectivity index (χ4n) is 3.79. The van der Waals surface area contributed by atoms with Crippen LogP contribution in [0.3, 0.4) is 0 Å². The van der Waals surface area contributed by atoms with E-state index in [2.05, 4.69) is 10.1 Å². The van der Waals surface area contributed by atoms with Gasteiger partial charge in [-0.3, -0.25) is 9.59 Å². The van der Waals surface area contributed by atoms with Gasteiger partial charge < -0.3 is 0 Å². The molecule has 4 aromatic heterocycles. The first-order valence-electron chi connectivity index (χ1n) is 10.8. The van der Waals surface area contributed by atoms with Crippen molar-refractivity contribution < 1.29 is 0 Å². The molecule has 9 heteroatoms. The zero-order valence-corrected chi connectivity index (χ0v) is 19.9. The summed E-state index contributed by atoms with van der Waals surface area (Å²) in [5.41, 5.74) is 2.94. The van der Waals surface area contributed by atoms with Gasteiger partial charge in [0.25, 0.3) is 11.1 Å².